The topological polar surface area (TPSA) is 130 Å². The second-order valence-electron chi connectivity index (χ2n) is 10.2. The van der Waals surface area contributed by atoms with Crippen molar-refractivity contribution in [2.24, 2.45) is 0 Å². The maximum Gasteiger partial charge on any atom is 0.262 e. The Morgan fingerprint density at radius 3 is 2.64 bits per heavy atom. The Hall–Kier alpha value is -3.77. The smallest absolute Gasteiger partial charge is 0.262 e. The highest BCUT2D eigenvalue weighted by atomic mass is 32.2. The van der Waals surface area contributed by atoms with Gasteiger partial charge in [0.25, 0.3) is 5.56 Å². The van der Waals surface area contributed by atoms with Crippen molar-refractivity contribution in [3.63, 3.8) is 0 Å². The van der Waals surface area contributed by atoms with E-state index in [9.17, 15) is 14.4 Å². The number of ether oxygens (including phenoxy) is 4. The van der Waals surface area contributed by atoms with Gasteiger partial charge in [-0.05, 0) is 49.4 Å². The van der Waals surface area contributed by atoms with Crippen molar-refractivity contribution in [2.75, 3.05) is 32.8 Å². The average molecular weight is 597 g/mol. The number of fused-ring (bicyclic) bond motifs is 2. The van der Waals surface area contributed by atoms with Gasteiger partial charge in [0.05, 0.1) is 29.9 Å². The molecular formula is C30H36N4O7S. The first kappa shape index (κ1) is 29.7. The van der Waals surface area contributed by atoms with E-state index in [-0.39, 0.29) is 36.0 Å². The molecule has 1 saturated heterocycles. The van der Waals surface area contributed by atoms with Gasteiger partial charge in [-0.3, -0.25) is 19.0 Å². The number of nitrogens with one attached hydrogen (secondary N) is 2. The Balaban J connectivity index is 1.16. The highest BCUT2D eigenvalue weighted by molar-refractivity contribution is 7.99. The maximum absolute atomic E-state index is 13.5. The zero-order chi connectivity index (χ0) is 29.3. The quantitative estimate of drug-likeness (QED) is 0.163. The minimum absolute atomic E-state index is 0.0170. The number of hydrogen-bond acceptors (Lipinski definition) is 9. The molecule has 1 fully saturated rings. The lowest BCUT2D eigenvalue weighted by Gasteiger charge is -2.14. The number of unbranched alkanes of at least 4 members (excludes halogenated alkanes) is 2. The normalized spacial score (nSPS) is 15.6. The lowest BCUT2D eigenvalue weighted by molar-refractivity contribution is -0.121. The summed E-state index contributed by atoms with van der Waals surface area (Å²) in [6.45, 7) is 2.19. The number of amides is 2. The van der Waals surface area contributed by atoms with Crippen LogP contribution >= 0.6 is 11.8 Å². The Morgan fingerprint density at radius 1 is 1.07 bits per heavy atom. The molecule has 11 nitrogen and oxygen atoms in total. The van der Waals surface area contributed by atoms with Gasteiger partial charge in [0.15, 0.2) is 16.7 Å². The maximum atomic E-state index is 13.5. The van der Waals surface area contributed by atoms with E-state index in [1.807, 2.05) is 24.3 Å². The van der Waals surface area contributed by atoms with E-state index in [4.69, 9.17) is 23.9 Å². The molecule has 0 aliphatic carbocycles. The molecule has 0 saturated carbocycles. The van der Waals surface area contributed by atoms with Gasteiger partial charge in [-0.15, -0.1) is 0 Å². The van der Waals surface area contributed by atoms with E-state index in [2.05, 4.69) is 10.6 Å². The molecule has 3 aromatic rings. The third kappa shape index (κ3) is 7.74. The summed E-state index contributed by atoms with van der Waals surface area (Å²) in [6, 6.07) is 10.9. The number of thioether (sulfide) groups is 1. The van der Waals surface area contributed by atoms with Gasteiger partial charge in [-0.1, -0.05) is 30.3 Å². The molecule has 5 rings (SSSR count). The number of methoxy groups -OCH3 is 1. The van der Waals surface area contributed by atoms with Gasteiger partial charge in [-0.2, -0.15) is 0 Å². The fraction of sp³-hybridized carbons (Fsp3) is 0.467. The summed E-state index contributed by atoms with van der Waals surface area (Å²) in [5.74, 6) is 1.81. The van der Waals surface area contributed by atoms with Crippen molar-refractivity contribution in [1.29, 1.82) is 0 Å². The van der Waals surface area contributed by atoms with Crippen molar-refractivity contribution in [1.82, 2.24) is 20.2 Å². The molecule has 2 aromatic carbocycles. The van der Waals surface area contributed by atoms with E-state index in [0.29, 0.717) is 66.5 Å². The van der Waals surface area contributed by atoms with Crippen LogP contribution in [0.1, 0.15) is 44.1 Å². The van der Waals surface area contributed by atoms with Crippen molar-refractivity contribution in [3.05, 3.63) is 52.3 Å². The van der Waals surface area contributed by atoms with Crippen LogP contribution in [0.3, 0.4) is 0 Å². The summed E-state index contributed by atoms with van der Waals surface area (Å²) in [4.78, 5) is 43.2. The molecule has 42 heavy (non-hydrogen) atoms. The van der Waals surface area contributed by atoms with Crippen molar-refractivity contribution in [3.8, 4) is 17.2 Å². The van der Waals surface area contributed by atoms with Crippen LogP contribution in [0.2, 0.25) is 0 Å². The van der Waals surface area contributed by atoms with Crippen molar-refractivity contribution >= 4 is 34.5 Å². The molecule has 12 heteroatoms. The molecule has 2 aliphatic rings. The molecule has 2 aliphatic heterocycles. The van der Waals surface area contributed by atoms with Crippen LogP contribution in [0.5, 0.6) is 17.2 Å². The van der Waals surface area contributed by atoms with E-state index in [1.165, 1.54) is 11.8 Å². The zero-order valence-electron chi connectivity index (χ0n) is 23.7. The van der Waals surface area contributed by atoms with Gasteiger partial charge in [0.2, 0.25) is 18.6 Å². The number of hydrogen-bond donors (Lipinski definition) is 2. The van der Waals surface area contributed by atoms with Crippen LogP contribution in [-0.2, 0) is 27.4 Å². The fourth-order valence-corrected chi connectivity index (χ4v) is 5.73. The molecule has 2 N–H and O–H groups in total. The second-order valence-corrected chi connectivity index (χ2v) is 11.2. The first-order valence-electron chi connectivity index (χ1n) is 14.2. The van der Waals surface area contributed by atoms with Crippen LogP contribution in [0.25, 0.3) is 10.9 Å². The lowest BCUT2D eigenvalue weighted by Crippen LogP contribution is -2.33. The average Bonchev–Trinajstić information content (AvgIpc) is 3.70. The predicted octanol–water partition coefficient (Wildman–Crippen LogP) is 3.40. The summed E-state index contributed by atoms with van der Waals surface area (Å²) in [7, 11) is 1.62. The molecule has 0 bridgehead atoms. The summed E-state index contributed by atoms with van der Waals surface area (Å²) >= 11 is 1.23. The largest absolute Gasteiger partial charge is 0.497 e. The number of nitrogens with zero attached hydrogens (tertiary/aromatic N) is 2. The molecule has 3 heterocycles. The van der Waals surface area contributed by atoms with Crippen LogP contribution < -0.4 is 30.4 Å². The molecule has 0 unspecified atom stereocenters. The SMILES string of the molecule is COc1ccc(CNC(=O)CCCCCn2c(SCC(=O)NC[C@H]3CCCO3)nc3cc4c(cc3c2=O)OCO4)cc1. The minimum Gasteiger partial charge on any atom is -0.497 e. The summed E-state index contributed by atoms with van der Waals surface area (Å²) < 4.78 is 23.3. The van der Waals surface area contributed by atoms with Crippen LogP contribution in [0.15, 0.2) is 46.3 Å². The van der Waals surface area contributed by atoms with Crippen molar-refractivity contribution < 1.29 is 28.5 Å². The number of carbonyl (C=O) groups is 2. The van der Waals surface area contributed by atoms with Gasteiger partial charge < -0.3 is 29.6 Å². The third-order valence-electron chi connectivity index (χ3n) is 7.23. The molecular weight excluding hydrogens is 560 g/mol. The minimum atomic E-state index is -0.196. The Kier molecular flexibility index (Phi) is 10.2. The zero-order valence-corrected chi connectivity index (χ0v) is 24.5. The summed E-state index contributed by atoms with van der Waals surface area (Å²) in [5, 5.41) is 6.76. The van der Waals surface area contributed by atoms with Gasteiger partial charge >= 0.3 is 0 Å². The van der Waals surface area contributed by atoms with Gasteiger partial charge in [-0.25, -0.2) is 4.98 Å². The van der Waals surface area contributed by atoms with Gasteiger partial charge in [0.1, 0.15) is 5.75 Å². The molecule has 1 atom stereocenters. The monoisotopic (exact) mass is 596 g/mol. The molecule has 1 aromatic heterocycles. The highest BCUT2D eigenvalue weighted by Crippen LogP contribution is 2.35. The van der Waals surface area contributed by atoms with Crippen molar-refractivity contribution in [2.45, 2.75) is 62.9 Å². The number of rotatable bonds is 14. The van der Waals surface area contributed by atoms with E-state index >= 15 is 0 Å². The van der Waals surface area contributed by atoms with Gasteiger partial charge in [0, 0.05) is 38.7 Å². The number of benzene rings is 2. The lowest BCUT2D eigenvalue weighted by atomic mass is 10.1. The number of aromatic nitrogens is 2. The Labute approximate surface area is 248 Å². The predicted molar refractivity (Wildman–Crippen MR) is 158 cm³/mol. The second kappa shape index (κ2) is 14.4. The highest BCUT2D eigenvalue weighted by Gasteiger charge is 2.20. The third-order valence-corrected chi connectivity index (χ3v) is 8.21. The van der Waals surface area contributed by atoms with Crippen LogP contribution in [-0.4, -0.2) is 60.3 Å². The van der Waals surface area contributed by atoms with Crippen LogP contribution in [0.4, 0.5) is 0 Å². The van der Waals surface area contributed by atoms with E-state index in [1.54, 1.807) is 23.8 Å². The van der Waals surface area contributed by atoms with Crippen LogP contribution in [0, 0.1) is 0 Å². The molecule has 0 radical (unpaired) electrons. The fourth-order valence-electron chi connectivity index (χ4n) is 4.88. The number of carbonyl (C=O) groups excluding carboxylic acids is 2. The summed E-state index contributed by atoms with van der Waals surface area (Å²) in [6.07, 6.45) is 4.54. The molecule has 2 amide bonds. The molecule has 224 valence electrons. The molecule has 0 spiro atoms. The summed E-state index contributed by atoms with van der Waals surface area (Å²) in [5.41, 5.74) is 1.30. The Morgan fingerprint density at radius 2 is 1.88 bits per heavy atom. The Bertz CT molecular complexity index is 1450. The first-order chi connectivity index (χ1) is 20.5. The van der Waals surface area contributed by atoms with E-state index < -0.39 is 0 Å². The van der Waals surface area contributed by atoms with E-state index in [0.717, 1.165) is 37.2 Å². The standard InChI is InChI=1S/C30H36N4O7S/c1-38-21-10-8-20(9-11-21)16-31-27(35)7-3-2-4-12-34-29(37)23-14-25-26(41-19-40-25)15-24(23)33-30(34)42-18-28(36)32-17-22-6-5-13-39-22/h8-11,14-15,22H,2-7,12-13,16-19H2,1H3,(H,31,35)(H,32,36)/t22-/m1/s1. The first-order valence-corrected chi connectivity index (χ1v) is 15.2.